The third-order valence-corrected chi connectivity index (χ3v) is 4.83. The molecule has 1 aliphatic heterocycles. The number of nitrogens with zero attached hydrogens (tertiary/aromatic N) is 3. The molecular weight excluding hydrogens is 328 g/mol. The van der Waals surface area contributed by atoms with Gasteiger partial charge in [0.1, 0.15) is 0 Å². The van der Waals surface area contributed by atoms with E-state index in [-0.39, 0.29) is 6.54 Å². The van der Waals surface area contributed by atoms with Crippen molar-refractivity contribution in [2.24, 2.45) is 0 Å². The molecule has 0 bridgehead atoms. The van der Waals surface area contributed by atoms with Crippen LogP contribution in [-0.4, -0.2) is 47.9 Å². The summed E-state index contributed by atoms with van der Waals surface area (Å²) in [7, 11) is 0. The lowest BCUT2D eigenvalue weighted by Gasteiger charge is -2.36. The highest BCUT2D eigenvalue weighted by molar-refractivity contribution is 6.35. The second-order valence-corrected chi connectivity index (χ2v) is 6.50. The van der Waals surface area contributed by atoms with Crippen molar-refractivity contribution in [1.29, 1.82) is 0 Å². The van der Waals surface area contributed by atoms with Crippen molar-refractivity contribution in [3.05, 3.63) is 59.4 Å². The van der Waals surface area contributed by atoms with Gasteiger partial charge in [-0.05, 0) is 43.2 Å². The van der Waals surface area contributed by atoms with Gasteiger partial charge in [-0.25, -0.2) is 0 Å². The minimum atomic E-state index is -0.573. The third kappa shape index (κ3) is 4.02. The summed E-state index contributed by atoms with van der Waals surface area (Å²) in [5.74, 6) is -1.04. The Balaban J connectivity index is 1.53. The van der Waals surface area contributed by atoms with Crippen LogP contribution in [0.25, 0.3) is 0 Å². The fraction of sp³-hybridized carbons (Fsp3) is 0.350. The largest absolute Gasteiger partial charge is 0.368 e. The minimum absolute atomic E-state index is 0.258. The molecule has 0 atom stereocenters. The molecule has 6 nitrogen and oxygen atoms in total. The van der Waals surface area contributed by atoms with Crippen LogP contribution in [0.1, 0.15) is 16.8 Å². The van der Waals surface area contributed by atoms with Gasteiger partial charge in [0.05, 0.1) is 12.2 Å². The maximum atomic E-state index is 12.4. The van der Waals surface area contributed by atoms with E-state index in [9.17, 15) is 9.59 Å². The van der Waals surface area contributed by atoms with Crippen LogP contribution in [0, 0.1) is 13.8 Å². The Morgan fingerprint density at radius 2 is 1.81 bits per heavy atom. The molecule has 1 saturated heterocycles. The van der Waals surface area contributed by atoms with Crippen LogP contribution in [0.5, 0.6) is 0 Å². The van der Waals surface area contributed by atoms with Crippen molar-refractivity contribution in [2.75, 3.05) is 31.1 Å². The van der Waals surface area contributed by atoms with Crippen molar-refractivity contribution < 1.29 is 9.59 Å². The average molecular weight is 352 g/mol. The number of anilines is 1. The Morgan fingerprint density at radius 1 is 1.04 bits per heavy atom. The molecule has 1 aromatic carbocycles. The lowest BCUT2D eigenvalue weighted by molar-refractivity contribution is -0.146. The van der Waals surface area contributed by atoms with Crippen LogP contribution in [0.3, 0.4) is 0 Å². The predicted octanol–water partition coefficient (Wildman–Crippen LogP) is 1.66. The second kappa shape index (κ2) is 7.99. The minimum Gasteiger partial charge on any atom is -0.368 e. The lowest BCUT2D eigenvalue weighted by atomic mass is 10.1. The highest BCUT2D eigenvalue weighted by atomic mass is 16.2. The molecule has 0 spiro atoms. The van der Waals surface area contributed by atoms with Gasteiger partial charge >= 0.3 is 11.8 Å². The molecule has 1 fully saturated rings. The van der Waals surface area contributed by atoms with Crippen LogP contribution in [-0.2, 0) is 16.1 Å². The molecule has 0 unspecified atom stereocenters. The molecule has 2 amide bonds. The quantitative estimate of drug-likeness (QED) is 0.854. The number of benzene rings is 1. The summed E-state index contributed by atoms with van der Waals surface area (Å²) in [6.07, 6.45) is 1.66. The van der Waals surface area contributed by atoms with E-state index in [1.165, 1.54) is 16.8 Å². The van der Waals surface area contributed by atoms with Crippen molar-refractivity contribution in [3.63, 3.8) is 0 Å². The second-order valence-electron chi connectivity index (χ2n) is 6.50. The van der Waals surface area contributed by atoms with Crippen molar-refractivity contribution >= 4 is 17.5 Å². The summed E-state index contributed by atoms with van der Waals surface area (Å²) in [4.78, 5) is 32.5. The van der Waals surface area contributed by atoms with Gasteiger partial charge in [0.2, 0.25) is 0 Å². The van der Waals surface area contributed by atoms with Crippen molar-refractivity contribution in [2.45, 2.75) is 20.4 Å². The van der Waals surface area contributed by atoms with Crippen LogP contribution < -0.4 is 10.2 Å². The Labute approximate surface area is 153 Å². The molecule has 0 radical (unpaired) electrons. The normalized spacial score (nSPS) is 14.2. The van der Waals surface area contributed by atoms with Gasteiger partial charge < -0.3 is 15.1 Å². The summed E-state index contributed by atoms with van der Waals surface area (Å²) in [5.41, 5.74) is 4.46. The summed E-state index contributed by atoms with van der Waals surface area (Å²) < 4.78 is 0. The van der Waals surface area contributed by atoms with Gasteiger partial charge in [-0.2, -0.15) is 0 Å². The van der Waals surface area contributed by atoms with Crippen molar-refractivity contribution in [1.82, 2.24) is 15.2 Å². The average Bonchev–Trinajstić information content (AvgIpc) is 2.68. The van der Waals surface area contributed by atoms with E-state index in [4.69, 9.17) is 0 Å². The number of hydrogen-bond donors (Lipinski definition) is 1. The van der Waals surface area contributed by atoms with Gasteiger partial charge in [-0.15, -0.1) is 0 Å². The zero-order valence-electron chi connectivity index (χ0n) is 15.2. The first-order valence-corrected chi connectivity index (χ1v) is 8.84. The smallest absolute Gasteiger partial charge is 0.312 e. The van der Waals surface area contributed by atoms with Crippen LogP contribution >= 0.6 is 0 Å². The Kier molecular flexibility index (Phi) is 5.51. The Morgan fingerprint density at radius 3 is 2.50 bits per heavy atom. The van der Waals surface area contributed by atoms with Gasteiger partial charge in [-0.1, -0.05) is 18.2 Å². The Hall–Kier alpha value is -2.89. The highest BCUT2D eigenvalue weighted by Crippen LogP contribution is 2.23. The van der Waals surface area contributed by atoms with Crippen molar-refractivity contribution in [3.8, 4) is 0 Å². The monoisotopic (exact) mass is 352 g/mol. The van der Waals surface area contributed by atoms with E-state index < -0.39 is 11.8 Å². The fourth-order valence-electron chi connectivity index (χ4n) is 3.12. The molecule has 1 aromatic heterocycles. The molecule has 2 aromatic rings. The van der Waals surface area contributed by atoms with Crippen LogP contribution in [0.2, 0.25) is 0 Å². The number of amides is 2. The molecule has 3 rings (SSSR count). The van der Waals surface area contributed by atoms with E-state index in [0.29, 0.717) is 13.1 Å². The van der Waals surface area contributed by atoms with Gasteiger partial charge in [0.15, 0.2) is 0 Å². The first kappa shape index (κ1) is 17.9. The number of piperazine rings is 1. The van der Waals surface area contributed by atoms with E-state index in [0.717, 1.165) is 18.8 Å². The maximum Gasteiger partial charge on any atom is 0.312 e. The number of hydrogen-bond acceptors (Lipinski definition) is 4. The summed E-state index contributed by atoms with van der Waals surface area (Å²) in [5, 5.41) is 2.65. The molecule has 1 aliphatic rings. The predicted molar refractivity (Wildman–Crippen MR) is 101 cm³/mol. The number of carbonyl (C=O) groups excluding carboxylic acids is 2. The van der Waals surface area contributed by atoms with E-state index in [2.05, 4.69) is 47.2 Å². The first-order chi connectivity index (χ1) is 12.6. The molecule has 136 valence electrons. The van der Waals surface area contributed by atoms with Gasteiger partial charge in [0.25, 0.3) is 0 Å². The highest BCUT2D eigenvalue weighted by Gasteiger charge is 2.26. The SMILES string of the molecule is Cc1cccc(N2CCN(C(=O)C(=O)NCc3ccccn3)CC2)c1C. The number of aryl methyl sites for hydroxylation is 1. The number of carbonyl (C=O) groups is 2. The van der Waals surface area contributed by atoms with E-state index in [1.54, 1.807) is 11.1 Å². The molecule has 1 N–H and O–H groups in total. The maximum absolute atomic E-state index is 12.4. The first-order valence-electron chi connectivity index (χ1n) is 8.84. The van der Waals surface area contributed by atoms with Gasteiger partial charge in [-0.3, -0.25) is 14.6 Å². The van der Waals surface area contributed by atoms with E-state index in [1.807, 2.05) is 18.2 Å². The molecule has 26 heavy (non-hydrogen) atoms. The summed E-state index contributed by atoms with van der Waals surface area (Å²) in [6.45, 7) is 7.02. The summed E-state index contributed by atoms with van der Waals surface area (Å²) >= 11 is 0. The number of rotatable bonds is 3. The molecule has 0 aliphatic carbocycles. The number of aromatic nitrogens is 1. The molecular formula is C20H24N4O2. The summed E-state index contributed by atoms with van der Waals surface area (Å²) in [6, 6.07) is 11.7. The number of pyridine rings is 1. The zero-order chi connectivity index (χ0) is 18.5. The molecule has 2 heterocycles. The molecule has 6 heteroatoms. The van der Waals surface area contributed by atoms with Gasteiger partial charge in [0, 0.05) is 38.1 Å². The molecule has 0 saturated carbocycles. The lowest BCUT2D eigenvalue weighted by Crippen LogP contribution is -2.52. The third-order valence-electron chi connectivity index (χ3n) is 4.83. The number of nitrogens with one attached hydrogen (secondary N) is 1. The topological polar surface area (TPSA) is 65.5 Å². The Bertz CT molecular complexity index is 784. The van der Waals surface area contributed by atoms with Crippen LogP contribution in [0.15, 0.2) is 42.6 Å². The zero-order valence-corrected chi connectivity index (χ0v) is 15.2. The van der Waals surface area contributed by atoms with Crippen LogP contribution in [0.4, 0.5) is 5.69 Å². The standard InChI is InChI=1S/C20H24N4O2/c1-15-6-5-8-18(16(15)2)23-10-12-24(13-11-23)20(26)19(25)22-14-17-7-3-4-9-21-17/h3-9H,10-14H2,1-2H3,(H,22,25). The fourth-order valence-corrected chi connectivity index (χ4v) is 3.12. The van der Waals surface area contributed by atoms with E-state index >= 15 is 0 Å².